The summed E-state index contributed by atoms with van der Waals surface area (Å²) in [5.74, 6) is 0. The lowest BCUT2D eigenvalue weighted by molar-refractivity contribution is 0.0984. The Morgan fingerprint density at radius 2 is 2.00 bits per heavy atom. The molecule has 19 heavy (non-hydrogen) atoms. The molecule has 0 radical (unpaired) electrons. The van der Waals surface area contributed by atoms with Crippen molar-refractivity contribution in [2.45, 2.75) is 38.3 Å². The Kier molecular flexibility index (Phi) is 3.54. The molecule has 0 aliphatic carbocycles. The van der Waals surface area contributed by atoms with Crippen molar-refractivity contribution in [2.75, 3.05) is 6.61 Å². The maximum Gasteiger partial charge on any atom is 0.0594 e. The Morgan fingerprint density at radius 3 is 2.74 bits per heavy atom. The summed E-state index contributed by atoms with van der Waals surface area (Å²) in [5.41, 5.74) is 8.97. The van der Waals surface area contributed by atoms with E-state index in [1.807, 2.05) is 0 Å². The molecule has 3 rings (SSSR count). The number of hydrogen-bond donors (Lipinski definition) is 1. The standard InChI is InChI=1S/C17H21NO/c1-12-8-9-16(15-7-3-2-6-14(12)15)17(18)11-13-5-4-10-19-13/h2-3,6-9,13,17H,4-5,10-11,18H2,1H3. The van der Waals surface area contributed by atoms with Crippen LogP contribution < -0.4 is 5.73 Å². The van der Waals surface area contributed by atoms with Gasteiger partial charge in [-0.3, -0.25) is 0 Å². The molecule has 1 saturated heterocycles. The summed E-state index contributed by atoms with van der Waals surface area (Å²) in [4.78, 5) is 0. The molecule has 0 saturated carbocycles. The second-order valence-electron chi connectivity index (χ2n) is 5.49. The van der Waals surface area contributed by atoms with Crippen LogP contribution in [0.5, 0.6) is 0 Å². The molecule has 0 spiro atoms. The molecule has 2 N–H and O–H groups in total. The van der Waals surface area contributed by atoms with E-state index in [4.69, 9.17) is 10.5 Å². The van der Waals surface area contributed by atoms with Crippen molar-refractivity contribution in [3.05, 3.63) is 47.5 Å². The van der Waals surface area contributed by atoms with Crippen molar-refractivity contribution in [1.82, 2.24) is 0 Å². The molecule has 1 fully saturated rings. The van der Waals surface area contributed by atoms with Crippen LogP contribution in [0.3, 0.4) is 0 Å². The minimum absolute atomic E-state index is 0.0635. The van der Waals surface area contributed by atoms with Gasteiger partial charge in [-0.25, -0.2) is 0 Å². The quantitative estimate of drug-likeness (QED) is 0.907. The second-order valence-corrected chi connectivity index (χ2v) is 5.49. The van der Waals surface area contributed by atoms with Gasteiger partial charge in [-0.15, -0.1) is 0 Å². The minimum atomic E-state index is 0.0635. The fourth-order valence-corrected chi connectivity index (χ4v) is 3.04. The van der Waals surface area contributed by atoms with Crippen LogP contribution in [0.1, 0.15) is 36.4 Å². The first kappa shape index (κ1) is 12.6. The highest BCUT2D eigenvalue weighted by molar-refractivity contribution is 5.88. The minimum Gasteiger partial charge on any atom is -0.378 e. The summed E-state index contributed by atoms with van der Waals surface area (Å²) in [6.45, 7) is 3.05. The molecule has 2 heteroatoms. The molecule has 0 aromatic heterocycles. The van der Waals surface area contributed by atoms with Crippen molar-refractivity contribution in [2.24, 2.45) is 5.73 Å². The van der Waals surface area contributed by atoms with Gasteiger partial charge in [0.25, 0.3) is 0 Å². The molecule has 0 bridgehead atoms. The third-order valence-corrected chi connectivity index (χ3v) is 4.12. The number of fused-ring (bicyclic) bond motifs is 1. The second kappa shape index (κ2) is 5.32. The van der Waals surface area contributed by atoms with E-state index in [1.54, 1.807) is 0 Å². The molecule has 2 unspecified atom stereocenters. The van der Waals surface area contributed by atoms with Gasteiger partial charge < -0.3 is 10.5 Å². The van der Waals surface area contributed by atoms with E-state index in [9.17, 15) is 0 Å². The highest BCUT2D eigenvalue weighted by Gasteiger charge is 2.20. The molecule has 2 nitrogen and oxygen atoms in total. The zero-order chi connectivity index (χ0) is 13.2. The van der Waals surface area contributed by atoms with Crippen molar-refractivity contribution in [1.29, 1.82) is 0 Å². The molecule has 1 heterocycles. The van der Waals surface area contributed by atoms with Gasteiger partial charge in [-0.2, -0.15) is 0 Å². The first-order chi connectivity index (χ1) is 9.25. The number of aryl methyl sites for hydroxylation is 1. The lowest BCUT2D eigenvalue weighted by Crippen LogP contribution is -2.18. The smallest absolute Gasteiger partial charge is 0.0594 e. The molecule has 2 aromatic carbocycles. The van der Waals surface area contributed by atoms with Gasteiger partial charge in [0.1, 0.15) is 0 Å². The summed E-state index contributed by atoms with van der Waals surface area (Å²) in [7, 11) is 0. The third kappa shape index (κ3) is 2.51. The number of hydrogen-bond acceptors (Lipinski definition) is 2. The van der Waals surface area contributed by atoms with Crippen molar-refractivity contribution in [3.8, 4) is 0 Å². The van der Waals surface area contributed by atoms with Crippen LogP contribution in [0.15, 0.2) is 36.4 Å². The van der Waals surface area contributed by atoms with E-state index in [2.05, 4.69) is 43.3 Å². The lowest BCUT2D eigenvalue weighted by Gasteiger charge is -2.19. The van der Waals surface area contributed by atoms with Crippen molar-refractivity contribution in [3.63, 3.8) is 0 Å². The fourth-order valence-electron chi connectivity index (χ4n) is 3.04. The Balaban J connectivity index is 1.93. The fraction of sp³-hybridized carbons (Fsp3) is 0.412. The maximum absolute atomic E-state index is 6.41. The summed E-state index contributed by atoms with van der Waals surface area (Å²) < 4.78 is 5.70. The summed E-state index contributed by atoms with van der Waals surface area (Å²) in [6.07, 6.45) is 3.59. The van der Waals surface area contributed by atoms with E-state index in [1.165, 1.54) is 28.3 Å². The SMILES string of the molecule is Cc1ccc(C(N)CC2CCCO2)c2ccccc12. The van der Waals surface area contributed by atoms with Crippen LogP contribution in [-0.4, -0.2) is 12.7 Å². The first-order valence-corrected chi connectivity index (χ1v) is 7.11. The average Bonchev–Trinajstić information content (AvgIpc) is 2.92. The van der Waals surface area contributed by atoms with Crippen LogP contribution in [-0.2, 0) is 4.74 Å². The molecule has 2 atom stereocenters. The van der Waals surface area contributed by atoms with Gasteiger partial charge in [0.2, 0.25) is 0 Å². The number of ether oxygens (including phenoxy) is 1. The number of nitrogens with two attached hydrogens (primary N) is 1. The maximum atomic E-state index is 6.41. The molecular formula is C17H21NO. The van der Waals surface area contributed by atoms with E-state index < -0.39 is 0 Å². The predicted octanol–water partition coefficient (Wildman–Crippen LogP) is 3.72. The van der Waals surface area contributed by atoms with Gasteiger partial charge in [0.05, 0.1) is 6.10 Å². The number of benzene rings is 2. The zero-order valence-corrected chi connectivity index (χ0v) is 11.4. The van der Waals surface area contributed by atoms with Crippen LogP contribution in [0, 0.1) is 6.92 Å². The molecule has 0 amide bonds. The number of rotatable bonds is 3. The van der Waals surface area contributed by atoms with Crippen LogP contribution in [0.2, 0.25) is 0 Å². The zero-order valence-electron chi connectivity index (χ0n) is 11.4. The highest BCUT2D eigenvalue weighted by Crippen LogP contribution is 2.30. The Labute approximate surface area is 114 Å². The molecule has 2 aromatic rings. The Bertz CT molecular complexity index is 572. The summed E-state index contributed by atoms with van der Waals surface area (Å²) >= 11 is 0. The van der Waals surface area contributed by atoms with Crippen LogP contribution in [0.25, 0.3) is 10.8 Å². The van der Waals surface area contributed by atoms with Gasteiger partial charge in [-0.1, -0.05) is 36.4 Å². The lowest BCUT2D eigenvalue weighted by atomic mass is 9.93. The van der Waals surface area contributed by atoms with Crippen molar-refractivity contribution >= 4 is 10.8 Å². The largest absolute Gasteiger partial charge is 0.378 e. The average molecular weight is 255 g/mol. The molecular weight excluding hydrogens is 234 g/mol. The molecule has 100 valence electrons. The Hall–Kier alpha value is -1.38. The van der Waals surface area contributed by atoms with E-state index in [0.717, 1.165) is 19.4 Å². The van der Waals surface area contributed by atoms with E-state index in [-0.39, 0.29) is 6.04 Å². The molecule has 1 aliphatic rings. The van der Waals surface area contributed by atoms with Crippen LogP contribution >= 0.6 is 0 Å². The van der Waals surface area contributed by atoms with Crippen molar-refractivity contribution < 1.29 is 4.74 Å². The Morgan fingerprint density at radius 1 is 1.21 bits per heavy atom. The summed E-state index contributed by atoms with van der Waals surface area (Å²) in [6, 6.07) is 12.9. The topological polar surface area (TPSA) is 35.2 Å². The third-order valence-electron chi connectivity index (χ3n) is 4.12. The summed E-state index contributed by atoms with van der Waals surface area (Å²) in [5, 5.41) is 2.59. The van der Waals surface area contributed by atoms with Gasteiger partial charge >= 0.3 is 0 Å². The highest BCUT2D eigenvalue weighted by atomic mass is 16.5. The molecule has 1 aliphatic heterocycles. The van der Waals surface area contributed by atoms with E-state index >= 15 is 0 Å². The van der Waals surface area contributed by atoms with Crippen LogP contribution in [0.4, 0.5) is 0 Å². The predicted molar refractivity (Wildman–Crippen MR) is 79.2 cm³/mol. The first-order valence-electron chi connectivity index (χ1n) is 7.11. The van der Waals surface area contributed by atoms with E-state index in [0.29, 0.717) is 6.10 Å². The van der Waals surface area contributed by atoms with Gasteiger partial charge in [-0.05, 0) is 48.1 Å². The van der Waals surface area contributed by atoms with Gasteiger partial charge in [0.15, 0.2) is 0 Å². The normalized spacial score (nSPS) is 20.8. The van der Waals surface area contributed by atoms with Gasteiger partial charge in [0, 0.05) is 12.6 Å². The monoisotopic (exact) mass is 255 g/mol.